The number of aryl methyl sites for hydroxylation is 1. The third kappa shape index (κ3) is 2.88. The SMILES string of the molecule is Cc1cccc(OC(=O)Cc2ccccc2)c1O. The molecule has 92 valence electrons. The first-order chi connectivity index (χ1) is 8.66. The number of aromatic hydroxyl groups is 1. The molecule has 3 heteroatoms. The van der Waals surface area contributed by atoms with Gasteiger partial charge in [0.25, 0.3) is 0 Å². The van der Waals surface area contributed by atoms with Crippen LogP contribution < -0.4 is 4.74 Å². The van der Waals surface area contributed by atoms with Crippen molar-refractivity contribution in [2.75, 3.05) is 0 Å². The highest BCUT2D eigenvalue weighted by Crippen LogP contribution is 2.29. The molecule has 2 aromatic rings. The van der Waals surface area contributed by atoms with Gasteiger partial charge in [0.1, 0.15) is 0 Å². The Morgan fingerprint density at radius 1 is 1.11 bits per heavy atom. The third-order valence-electron chi connectivity index (χ3n) is 2.62. The van der Waals surface area contributed by atoms with Crippen molar-refractivity contribution in [3.63, 3.8) is 0 Å². The standard InChI is InChI=1S/C15H14O3/c1-11-6-5-9-13(15(11)17)18-14(16)10-12-7-3-2-4-8-12/h2-9,17H,10H2,1H3. The second-order valence-corrected chi connectivity index (χ2v) is 4.06. The van der Waals surface area contributed by atoms with Crippen molar-refractivity contribution in [3.05, 3.63) is 59.7 Å². The van der Waals surface area contributed by atoms with Gasteiger partial charge in [-0.2, -0.15) is 0 Å². The Bertz CT molecular complexity index is 547. The second-order valence-electron chi connectivity index (χ2n) is 4.06. The number of rotatable bonds is 3. The van der Waals surface area contributed by atoms with Crippen LogP contribution in [0.4, 0.5) is 0 Å². The normalized spacial score (nSPS) is 10.1. The van der Waals surface area contributed by atoms with Crippen LogP contribution in [0.15, 0.2) is 48.5 Å². The Balaban J connectivity index is 2.06. The Hall–Kier alpha value is -2.29. The minimum absolute atomic E-state index is 0.0129. The molecular formula is C15H14O3. The van der Waals surface area contributed by atoms with Crippen LogP contribution in [0.1, 0.15) is 11.1 Å². The van der Waals surface area contributed by atoms with Crippen LogP contribution in [0.5, 0.6) is 11.5 Å². The maximum absolute atomic E-state index is 11.7. The number of para-hydroxylation sites is 1. The minimum atomic E-state index is -0.387. The van der Waals surface area contributed by atoms with Gasteiger partial charge >= 0.3 is 5.97 Å². The summed E-state index contributed by atoms with van der Waals surface area (Å²) in [5.74, 6) is -0.169. The van der Waals surface area contributed by atoms with E-state index >= 15 is 0 Å². The number of benzene rings is 2. The first-order valence-corrected chi connectivity index (χ1v) is 5.70. The predicted octanol–water partition coefficient (Wildman–Crippen LogP) is 2.85. The van der Waals surface area contributed by atoms with Crippen molar-refractivity contribution in [2.45, 2.75) is 13.3 Å². The largest absolute Gasteiger partial charge is 0.504 e. The molecule has 0 aliphatic carbocycles. The van der Waals surface area contributed by atoms with Crippen LogP contribution in [0.3, 0.4) is 0 Å². The summed E-state index contributed by atoms with van der Waals surface area (Å²) in [7, 11) is 0. The summed E-state index contributed by atoms with van der Waals surface area (Å²) in [5.41, 5.74) is 1.56. The fourth-order valence-corrected chi connectivity index (χ4v) is 1.64. The van der Waals surface area contributed by atoms with E-state index in [2.05, 4.69) is 0 Å². The van der Waals surface area contributed by atoms with E-state index in [9.17, 15) is 9.90 Å². The van der Waals surface area contributed by atoms with E-state index in [1.165, 1.54) is 0 Å². The highest BCUT2D eigenvalue weighted by molar-refractivity contribution is 5.76. The number of phenolic OH excluding ortho intramolecular Hbond substituents is 1. The summed E-state index contributed by atoms with van der Waals surface area (Å²) in [6, 6.07) is 14.4. The Morgan fingerprint density at radius 2 is 1.83 bits per heavy atom. The molecule has 2 rings (SSSR count). The van der Waals surface area contributed by atoms with Crippen molar-refractivity contribution in [2.24, 2.45) is 0 Å². The van der Waals surface area contributed by atoms with E-state index in [0.29, 0.717) is 5.56 Å². The average Bonchev–Trinajstić information content (AvgIpc) is 2.36. The lowest BCUT2D eigenvalue weighted by Gasteiger charge is -2.07. The summed E-state index contributed by atoms with van der Waals surface area (Å²) in [6.07, 6.45) is 0.189. The zero-order valence-corrected chi connectivity index (χ0v) is 10.1. The minimum Gasteiger partial charge on any atom is -0.504 e. The number of phenols is 1. The lowest BCUT2D eigenvalue weighted by molar-refractivity contribution is -0.133. The van der Waals surface area contributed by atoms with Crippen molar-refractivity contribution in [1.82, 2.24) is 0 Å². The fourth-order valence-electron chi connectivity index (χ4n) is 1.64. The van der Waals surface area contributed by atoms with Gasteiger partial charge < -0.3 is 9.84 Å². The molecule has 0 unspecified atom stereocenters. The monoisotopic (exact) mass is 242 g/mol. The van der Waals surface area contributed by atoms with Gasteiger partial charge in [-0.3, -0.25) is 4.79 Å². The summed E-state index contributed by atoms with van der Waals surface area (Å²) < 4.78 is 5.14. The highest BCUT2D eigenvalue weighted by Gasteiger charge is 2.10. The van der Waals surface area contributed by atoms with E-state index < -0.39 is 0 Å². The molecule has 1 N–H and O–H groups in total. The van der Waals surface area contributed by atoms with Gasteiger partial charge in [0, 0.05) is 0 Å². The molecular weight excluding hydrogens is 228 g/mol. The lowest BCUT2D eigenvalue weighted by atomic mass is 10.1. The Labute approximate surface area is 106 Å². The fraction of sp³-hybridized carbons (Fsp3) is 0.133. The number of ether oxygens (including phenoxy) is 1. The van der Waals surface area contributed by atoms with Gasteiger partial charge in [-0.05, 0) is 24.1 Å². The first-order valence-electron chi connectivity index (χ1n) is 5.70. The number of esters is 1. The molecule has 0 fully saturated rings. The topological polar surface area (TPSA) is 46.5 Å². The summed E-state index contributed by atoms with van der Waals surface area (Å²) in [5, 5.41) is 9.74. The van der Waals surface area contributed by atoms with Crippen LogP contribution in [0.25, 0.3) is 0 Å². The van der Waals surface area contributed by atoms with E-state index in [-0.39, 0.29) is 23.9 Å². The van der Waals surface area contributed by atoms with Crippen molar-refractivity contribution in [3.8, 4) is 11.5 Å². The first kappa shape index (κ1) is 12.2. The zero-order chi connectivity index (χ0) is 13.0. The van der Waals surface area contributed by atoms with Crippen LogP contribution in [-0.4, -0.2) is 11.1 Å². The van der Waals surface area contributed by atoms with E-state index in [0.717, 1.165) is 5.56 Å². The van der Waals surface area contributed by atoms with Gasteiger partial charge in [-0.25, -0.2) is 0 Å². The van der Waals surface area contributed by atoms with Gasteiger partial charge in [0.15, 0.2) is 11.5 Å². The van der Waals surface area contributed by atoms with Gasteiger partial charge in [0.05, 0.1) is 6.42 Å². The number of carbonyl (C=O) groups is 1. The van der Waals surface area contributed by atoms with Crippen molar-refractivity contribution < 1.29 is 14.6 Å². The second kappa shape index (κ2) is 5.36. The molecule has 18 heavy (non-hydrogen) atoms. The molecule has 0 saturated heterocycles. The smallest absolute Gasteiger partial charge is 0.315 e. The molecule has 0 amide bonds. The van der Waals surface area contributed by atoms with Crippen LogP contribution >= 0.6 is 0 Å². The molecule has 2 aromatic carbocycles. The third-order valence-corrected chi connectivity index (χ3v) is 2.62. The van der Waals surface area contributed by atoms with Crippen LogP contribution in [-0.2, 0) is 11.2 Å². The van der Waals surface area contributed by atoms with Crippen molar-refractivity contribution >= 4 is 5.97 Å². The predicted molar refractivity (Wildman–Crippen MR) is 68.6 cm³/mol. The molecule has 0 atom stereocenters. The molecule has 0 bridgehead atoms. The molecule has 0 heterocycles. The van der Waals surface area contributed by atoms with Crippen molar-refractivity contribution in [1.29, 1.82) is 0 Å². The molecule has 0 aromatic heterocycles. The van der Waals surface area contributed by atoms with Crippen LogP contribution in [0, 0.1) is 6.92 Å². The number of carbonyl (C=O) groups excluding carboxylic acids is 1. The van der Waals surface area contributed by atoms with Gasteiger partial charge in [-0.15, -0.1) is 0 Å². The Kier molecular flexibility index (Phi) is 3.63. The highest BCUT2D eigenvalue weighted by atomic mass is 16.5. The Morgan fingerprint density at radius 3 is 2.56 bits per heavy atom. The number of hydrogen-bond donors (Lipinski definition) is 1. The average molecular weight is 242 g/mol. The maximum Gasteiger partial charge on any atom is 0.315 e. The van der Waals surface area contributed by atoms with E-state index in [4.69, 9.17) is 4.74 Å². The summed E-state index contributed by atoms with van der Waals surface area (Å²) in [4.78, 5) is 11.7. The lowest BCUT2D eigenvalue weighted by Crippen LogP contribution is -2.11. The quantitative estimate of drug-likeness (QED) is 0.665. The van der Waals surface area contributed by atoms with E-state index in [1.54, 1.807) is 25.1 Å². The number of hydrogen-bond acceptors (Lipinski definition) is 3. The maximum atomic E-state index is 11.7. The van der Waals surface area contributed by atoms with E-state index in [1.807, 2.05) is 30.3 Å². The molecule has 0 spiro atoms. The zero-order valence-electron chi connectivity index (χ0n) is 10.1. The molecule has 0 saturated carbocycles. The molecule has 0 aliphatic heterocycles. The van der Waals surface area contributed by atoms with Gasteiger partial charge in [0.2, 0.25) is 0 Å². The summed E-state index contributed by atoms with van der Waals surface area (Å²) in [6.45, 7) is 1.75. The molecule has 0 aliphatic rings. The van der Waals surface area contributed by atoms with Crippen LogP contribution in [0.2, 0.25) is 0 Å². The van der Waals surface area contributed by atoms with Gasteiger partial charge in [-0.1, -0.05) is 42.5 Å². The molecule has 0 radical (unpaired) electrons. The molecule has 3 nitrogen and oxygen atoms in total. The summed E-state index contributed by atoms with van der Waals surface area (Å²) >= 11 is 0.